The molecule has 0 aromatic carbocycles. The summed E-state index contributed by atoms with van der Waals surface area (Å²) in [7, 11) is -4.02. The van der Waals surface area contributed by atoms with Crippen LogP contribution in [0.2, 0.25) is 0 Å². The number of carbonyl (C=O) groups is 1. The normalized spacial score (nSPS) is 22.2. The van der Waals surface area contributed by atoms with Crippen molar-refractivity contribution < 1.29 is 23.0 Å². The number of aromatic nitrogens is 1. The SMILES string of the molecule is CC(C)C[CH]C(=O)NC1CCCN(S(=O)(=O)c2cccc[n+]2[O-])C[C@@H]1O. The van der Waals surface area contributed by atoms with Crippen molar-refractivity contribution in [3.63, 3.8) is 0 Å². The van der Waals surface area contributed by atoms with E-state index < -0.39 is 22.2 Å². The van der Waals surface area contributed by atoms with E-state index in [0.717, 1.165) is 10.5 Å². The average Bonchev–Trinajstić information content (AvgIpc) is 2.76. The van der Waals surface area contributed by atoms with E-state index in [-0.39, 0.29) is 24.0 Å². The molecule has 0 saturated carbocycles. The van der Waals surface area contributed by atoms with Crippen molar-refractivity contribution in [1.82, 2.24) is 9.62 Å². The van der Waals surface area contributed by atoms with Crippen LogP contribution >= 0.6 is 0 Å². The molecule has 1 aromatic heterocycles. The minimum atomic E-state index is -4.02. The number of aliphatic hydroxyl groups excluding tert-OH is 1. The van der Waals surface area contributed by atoms with E-state index in [4.69, 9.17) is 0 Å². The van der Waals surface area contributed by atoms with Crippen molar-refractivity contribution in [2.24, 2.45) is 5.92 Å². The van der Waals surface area contributed by atoms with Gasteiger partial charge in [-0.1, -0.05) is 13.8 Å². The highest BCUT2D eigenvalue weighted by atomic mass is 32.2. The second-order valence-corrected chi connectivity index (χ2v) is 8.77. The van der Waals surface area contributed by atoms with Crippen LogP contribution in [0.5, 0.6) is 0 Å². The lowest BCUT2D eigenvalue weighted by Crippen LogP contribution is -2.48. The summed E-state index contributed by atoms with van der Waals surface area (Å²) < 4.78 is 26.8. The number of nitrogens with zero attached hydrogens (tertiary/aromatic N) is 2. The van der Waals surface area contributed by atoms with Gasteiger partial charge in [0.15, 0.2) is 6.20 Å². The topological polar surface area (TPSA) is 114 Å². The van der Waals surface area contributed by atoms with Gasteiger partial charge in [-0.25, -0.2) is 8.42 Å². The third-order valence-corrected chi connectivity index (χ3v) is 6.13. The lowest BCUT2D eigenvalue weighted by atomic mass is 10.0. The summed E-state index contributed by atoms with van der Waals surface area (Å²) in [6, 6.07) is 3.63. The van der Waals surface area contributed by atoms with Crippen LogP contribution in [-0.2, 0) is 14.8 Å². The first-order valence-electron chi connectivity index (χ1n) is 8.72. The summed E-state index contributed by atoms with van der Waals surface area (Å²) in [5, 5.41) is 24.6. The highest BCUT2D eigenvalue weighted by molar-refractivity contribution is 7.88. The molecule has 1 fully saturated rings. The molecule has 2 N–H and O–H groups in total. The molecule has 1 unspecified atom stereocenters. The summed E-state index contributed by atoms with van der Waals surface area (Å²) in [6.07, 6.45) is 3.17. The molecular formula is C17H26N3O5S. The third kappa shape index (κ3) is 5.15. The van der Waals surface area contributed by atoms with Crippen LogP contribution in [0.15, 0.2) is 29.4 Å². The van der Waals surface area contributed by atoms with E-state index in [2.05, 4.69) is 5.32 Å². The zero-order valence-electron chi connectivity index (χ0n) is 15.0. The number of amides is 1. The number of nitrogens with one attached hydrogen (secondary N) is 1. The Bertz CT molecular complexity index is 723. The number of pyridine rings is 1. The summed E-state index contributed by atoms with van der Waals surface area (Å²) in [5.41, 5.74) is 0. The van der Waals surface area contributed by atoms with E-state index in [9.17, 15) is 23.5 Å². The molecular weight excluding hydrogens is 358 g/mol. The predicted molar refractivity (Wildman–Crippen MR) is 95.1 cm³/mol. The van der Waals surface area contributed by atoms with Gasteiger partial charge in [-0.3, -0.25) is 4.79 Å². The summed E-state index contributed by atoms with van der Waals surface area (Å²) >= 11 is 0. The Labute approximate surface area is 154 Å². The van der Waals surface area contributed by atoms with Crippen molar-refractivity contribution in [2.75, 3.05) is 13.1 Å². The van der Waals surface area contributed by atoms with Gasteiger partial charge >= 0.3 is 15.0 Å². The van der Waals surface area contributed by atoms with Gasteiger partial charge in [0.25, 0.3) is 0 Å². The standard InChI is InChI=1S/C17H26N3O5S/c1-13(2)8-9-16(22)18-14-6-5-10-19(12-15(14)21)26(24,25)17-7-3-4-11-20(17)23/h3-4,7,9,11,13-15,21H,5-6,8,10,12H2,1-2H3,(H,18,22)/t14?,15-/m0/s1. The fourth-order valence-electron chi connectivity index (χ4n) is 2.82. The molecule has 0 aliphatic carbocycles. The van der Waals surface area contributed by atoms with E-state index in [1.807, 2.05) is 13.8 Å². The maximum absolute atomic E-state index is 12.7. The number of hydrogen-bond donors (Lipinski definition) is 2. The van der Waals surface area contributed by atoms with Gasteiger partial charge < -0.3 is 15.6 Å². The fourth-order valence-corrected chi connectivity index (χ4v) is 4.34. The predicted octanol–water partition coefficient (Wildman–Crippen LogP) is 0.201. The Morgan fingerprint density at radius 2 is 2.23 bits per heavy atom. The largest absolute Gasteiger partial charge is 0.618 e. The van der Waals surface area contributed by atoms with Crippen LogP contribution in [0.1, 0.15) is 33.1 Å². The molecule has 2 atom stereocenters. The van der Waals surface area contributed by atoms with Crippen molar-refractivity contribution >= 4 is 15.9 Å². The number of rotatable bonds is 6. The smallest absolute Gasteiger partial charge is 0.323 e. The Morgan fingerprint density at radius 3 is 2.88 bits per heavy atom. The maximum atomic E-state index is 12.7. The van der Waals surface area contributed by atoms with Crippen molar-refractivity contribution in [2.45, 2.75) is 50.3 Å². The zero-order chi connectivity index (χ0) is 19.3. The molecule has 8 nitrogen and oxygen atoms in total. The minimum absolute atomic E-state index is 0.174. The van der Waals surface area contributed by atoms with E-state index in [1.165, 1.54) is 18.2 Å². The number of hydrogen-bond acceptors (Lipinski definition) is 5. The number of β-amino-alcohol motifs (C(OH)–C–C–N with tert-alkyl or cyclic N) is 1. The van der Waals surface area contributed by atoms with Crippen LogP contribution in [-0.4, -0.2) is 49.0 Å². The Hall–Kier alpha value is -1.71. The van der Waals surface area contributed by atoms with Crippen LogP contribution in [0.4, 0.5) is 0 Å². The molecule has 2 rings (SSSR count). The Balaban J connectivity index is 2.06. The third-order valence-electron chi connectivity index (χ3n) is 4.27. The second-order valence-electron chi connectivity index (χ2n) is 6.89. The van der Waals surface area contributed by atoms with Crippen LogP contribution in [0.25, 0.3) is 0 Å². The van der Waals surface area contributed by atoms with Gasteiger partial charge in [0.2, 0.25) is 5.91 Å². The number of aliphatic hydroxyl groups is 1. The van der Waals surface area contributed by atoms with E-state index in [0.29, 0.717) is 29.9 Å². The van der Waals surface area contributed by atoms with Crippen molar-refractivity contribution in [3.05, 3.63) is 36.0 Å². The molecule has 1 saturated heterocycles. The molecule has 1 radical (unpaired) electrons. The summed E-state index contributed by atoms with van der Waals surface area (Å²) in [4.78, 5) is 12.0. The highest BCUT2D eigenvalue weighted by Crippen LogP contribution is 2.19. The fraction of sp³-hybridized carbons (Fsp3) is 0.588. The molecule has 26 heavy (non-hydrogen) atoms. The number of carbonyl (C=O) groups excluding carboxylic acids is 1. The van der Waals surface area contributed by atoms with Gasteiger partial charge in [-0.2, -0.15) is 9.04 Å². The molecule has 9 heteroatoms. The van der Waals surface area contributed by atoms with Crippen LogP contribution in [0.3, 0.4) is 0 Å². The van der Waals surface area contributed by atoms with E-state index >= 15 is 0 Å². The van der Waals surface area contributed by atoms with Crippen LogP contribution in [0, 0.1) is 17.5 Å². The first-order valence-corrected chi connectivity index (χ1v) is 10.2. The molecule has 1 amide bonds. The molecule has 1 aliphatic heterocycles. The molecule has 1 aliphatic rings. The zero-order valence-corrected chi connectivity index (χ0v) is 15.9. The van der Waals surface area contributed by atoms with E-state index in [1.54, 1.807) is 6.42 Å². The van der Waals surface area contributed by atoms with Gasteiger partial charge in [-0.05, 0) is 31.2 Å². The Morgan fingerprint density at radius 1 is 1.50 bits per heavy atom. The maximum Gasteiger partial charge on any atom is 0.323 e. The first-order chi connectivity index (χ1) is 12.2. The number of sulfonamides is 1. The summed E-state index contributed by atoms with van der Waals surface area (Å²) in [6.45, 7) is 4.00. The average molecular weight is 384 g/mol. The first kappa shape index (κ1) is 20.6. The van der Waals surface area contributed by atoms with Gasteiger partial charge in [-0.15, -0.1) is 0 Å². The van der Waals surface area contributed by atoms with Gasteiger partial charge in [0.1, 0.15) is 0 Å². The lowest BCUT2D eigenvalue weighted by Gasteiger charge is -2.24. The molecule has 145 valence electrons. The second kappa shape index (κ2) is 8.79. The van der Waals surface area contributed by atoms with Crippen molar-refractivity contribution in [3.8, 4) is 0 Å². The molecule has 0 bridgehead atoms. The highest BCUT2D eigenvalue weighted by Gasteiger charge is 2.36. The lowest BCUT2D eigenvalue weighted by molar-refractivity contribution is -0.646. The quantitative estimate of drug-likeness (QED) is 0.537. The summed E-state index contributed by atoms with van der Waals surface area (Å²) in [5.74, 6) is 0.0876. The molecule has 0 spiro atoms. The molecule has 2 heterocycles. The minimum Gasteiger partial charge on any atom is -0.618 e. The van der Waals surface area contributed by atoms with Crippen molar-refractivity contribution in [1.29, 1.82) is 0 Å². The molecule has 1 aromatic rings. The van der Waals surface area contributed by atoms with Gasteiger partial charge in [0.05, 0.1) is 12.1 Å². The monoisotopic (exact) mass is 384 g/mol. The van der Waals surface area contributed by atoms with Gasteiger partial charge in [0, 0.05) is 31.6 Å². The van der Waals surface area contributed by atoms with Crippen LogP contribution < -0.4 is 10.0 Å². The Kier molecular flexibility index (Phi) is 6.96.